The van der Waals surface area contributed by atoms with Crippen molar-refractivity contribution >= 4 is 87.9 Å². The quantitative estimate of drug-likeness (QED) is 0.204. The topological polar surface area (TPSA) is 125 Å². The number of hydrogen-bond acceptors (Lipinski definition) is 6. The maximum atomic E-state index is 13.0. The van der Waals surface area contributed by atoms with Crippen molar-refractivity contribution in [2.75, 3.05) is 0 Å². The van der Waals surface area contributed by atoms with Crippen molar-refractivity contribution in [1.82, 2.24) is 0 Å². The normalized spacial score (nSPS) is 19.4. The molecule has 0 saturated heterocycles. The van der Waals surface area contributed by atoms with Gasteiger partial charge in [-0.05, 0) is 0 Å². The molecule has 0 saturated carbocycles. The Morgan fingerprint density at radius 3 is 2.32 bits per heavy atom. The predicted molar refractivity (Wildman–Crippen MR) is 125 cm³/mol. The van der Waals surface area contributed by atoms with E-state index in [0.717, 1.165) is 0 Å². The van der Waals surface area contributed by atoms with Crippen molar-refractivity contribution in [2.24, 2.45) is 0 Å². The van der Waals surface area contributed by atoms with E-state index in [9.17, 15) is 18.6 Å². The molecule has 2 heterocycles. The molecule has 1 radical (unpaired) electrons. The van der Waals surface area contributed by atoms with Gasteiger partial charge in [0.1, 0.15) is 0 Å². The fourth-order valence-electron chi connectivity index (χ4n) is 3.82. The Labute approximate surface area is 243 Å². The van der Waals surface area contributed by atoms with E-state index in [1.54, 1.807) is 30.3 Å². The zero-order valence-electron chi connectivity index (χ0n) is 15.9. The van der Waals surface area contributed by atoms with Crippen LogP contribution in [0.3, 0.4) is 0 Å². The van der Waals surface area contributed by atoms with E-state index in [0.29, 0.717) is 38.4 Å². The number of fused-ring (bicyclic) bond motifs is 6. The number of phenols is 2. The van der Waals surface area contributed by atoms with Crippen LogP contribution in [0.5, 0.6) is 23.0 Å². The summed E-state index contributed by atoms with van der Waals surface area (Å²) in [5.41, 5.74) is 0.0666. The number of phenolic OH excluding ortho intramolecular Hbond substituents is 2. The van der Waals surface area contributed by atoms with E-state index in [2.05, 4.69) is 0 Å². The van der Waals surface area contributed by atoms with Crippen LogP contribution in [0.25, 0.3) is 0 Å². The molecule has 31 heavy (non-hydrogen) atoms. The van der Waals surface area contributed by atoms with Gasteiger partial charge in [0.2, 0.25) is 0 Å². The van der Waals surface area contributed by atoms with Crippen molar-refractivity contribution < 1.29 is 59.1 Å². The molecular formula is C19H11HgI2NaO7S. The van der Waals surface area contributed by atoms with Crippen LogP contribution in [0.1, 0.15) is 16.7 Å². The van der Waals surface area contributed by atoms with Crippen LogP contribution < -0.4 is 7.81 Å². The summed E-state index contributed by atoms with van der Waals surface area (Å²) in [6.45, 7) is 0. The minimum atomic E-state index is -4.03. The first kappa shape index (κ1) is 25.9. The summed E-state index contributed by atoms with van der Waals surface area (Å²) in [4.78, 5) is 0.102. The molecule has 7 nitrogen and oxygen atoms in total. The number of hydrogen-bond donors (Lipinski definition) is 2. The summed E-state index contributed by atoms with van der Waals surface area (Å²) >= 11 is 3.98. The molecule has 3 aromatic carbocycles. The molecular weight excluding hydrogens is 850 g/mol. The molecule has 152 valence electrons. The first-order valence-electron chi connectivity index (χ1n) is 8.30. The summed E-state index contributed by atoms with van der Waals surface area (Å²) in [6.07, 6.45) is 0. The third-order valence-corrected chi connectivity index (χ3v) is 10.7. The van der Waals surface area contributed by atoms with Crippen LogP contribution in [0, 0.1) is 7.14 Å². The van der Waals surface area contributed by atoms with E-state index in [4.69, 9.17) is 8.92 Å². The zero-order chi connectivity index (χ0) is 20.7. The Morgan fingerprint density at radius 1 is 0.968 bits per heavy atom. The van der Waals surface area contributed by atoms with Crippen molar-refractivity contribution in [3.8, 4) is 23.0 Å². The van der Waals surface area contributed by atoms with Gasteiger partial charge in [-0.1, -0.05) is 0 Å². The first-order valence-corrected chi connectivity index (χ1v) is 14.6. The monoisotopic (exact) mass is 862 g/mol. The minimum Gasteiger partial charge on any atom is 0 e. The molecule has 0 amide bonds. The molecule has 4 N–H and O–H groups in total. The molecule has 2 aliphatic heterocycles. The van der Waals surface area contributed by atoms with Crippen LogP contribution >= 0.6 is 45.2 Å². The predicted octanol–water partition coefficient (Wildman–Crippen LogP) is 2.39. The zero-order valence-corrected chi connectivity index (χ0v) is 28.6. The Hall–Kier alpha value is 0.325. The Morgan fingerprint density at radius 2 is 1.61 bits per heavy atom. The van der Waals surface area contributed by atoms with Crippen LogP contribution in [0.15, 0.2) is 47.4 Å². The van der Waals surface area contributed by atoms with Gasteiger partial charge in [0, 0.05) is 29.6 Å². The summed E-state index contributed by atoms with van der Waals surface area (Å²) in [6, 6.07) is 11.5. The van der Waals surface area contributed by atoms with Gasteiger partial charge in [-0.15, -0.1) is 0 Å². The maximum absolute atomic E-state index is 13.0. The van der Waals surface area contributed by atoms with Gasteiger partial charge in [-0.2, -0.15) is 0 Å². The van der Waals surface area contributed by atoms with Crippen molar-refractivity contribution in [2.45, 2.75) is 10.5 Å². The van der Waals surface area contributed by atoms with Crippen molar-refractivity contribution in [3.05, 3.63) is 66.3 Å². The third-order valence-electron chi connectivity index (χ3n) is 5.09. The molecule has 0 aliphatic carbocycles. The molecule has 2 aliphatic rings. The minimum absolute atomic E-state index is 0. The third kappa shape index (κ3) is 3.68. The molecule has 1 spiro atoms. The van der Waals surface area contributed by atoms with Gasteiger partial charge in [0.05, 0.1) is 0 Å². The largest absolute Gasteiger partial charge is 0 e. The molecule has 0 aromatic heterocycles. The number of rotatable bonds is 0. The maximum Gasteiger partial charge on any atom is 0 e. The van der Waals surface area contributed by atoms with Crippen LogP contribution in [-0.2, 0) is 46.0 Å². The smallest absolute Gasteiger partial charge is 0 e. The second kappa shape index (κ2) is 8.84. The van der Waals surface area contributed by atoms with Gasteiger partial charge >= 0.3 is 212 Å². The fraction of sp³-hybridized carbons (Fsp3) is 0.0526. The van der Waals surface area contributed by atoms with E-state index in [-0.39, 0.29) is 77.5 Å². The second-order valence-electron chi connectivity index (χ2n) is 6.68. The Bertz CT molecular complexity index is 1350. The van der Waals surface area contributed by atoms with E-state index >= 15 is 0 Å². The summed E-state index contributed by atoms with van der Waals surface area (Å²) in [5.74, 6) is 0.850. The van der Waals surface area contributed by atoms with Crippen LogP contribution in [-0.4, -0.2) is 53.7 Å². The average molecular weight is 861 g/mol. The Balaban J connectivity index is 0.00000136. The molecule has 0 fully saturated rings. The Kier molecular flexibility index (Phi) is 7.39. The number of benzene rings is 3. The van der Waals surface area contributed by atoms with Gasteiger partial charge < -0.3 is 5.48 Å². The van der Waals surface area contributed by atoms with E-state index in [1.807, 2.05) is 45.2 Å². The SMILES string of the molecule is O.O=S1(=O)OC2(c3cc(I)c(O)cc3Oc3c2cc(I)c(O)[c]3[Hg])c2ccccc21.[Na]. The molecule has 3 aromatic rings. The summed E-state index contributed by atoms with van der Waals surface area (Å²) in [5, 5.41) is 20.7. The first-order chi connectivity index (χ1) is 13.7. The number of ether oxygens (including phenoxy) is 1. The molecule has 0 bridgehead atoms. The second-order valence-corrected chi connectivity index (χ2v) is 13.3. The fourth-order valence-corrected chi connectivity index (χ4v) is 9.50. The van der Waals surface area contributed by atoms with Gasteiger partial charge in [-0.25, -0.2) is 0 Å². The number of aromatic hydroxyl groups is 2. The van der Waals surface area contributed by atoms with Crippen molar-refractivity contribution in [1.29, 1.82) is 0 Å². The van der Waals surface area contributed by atoms with Crippen molar-refractivity contribution in [3.63, 3.8) is 0 Å². The van der Waals surface area contributed by atoms with Crippen LogP contribution in [0.2, 0.25) is 0 Å². The molecule has 5 rings (SSSR count). The van der Waals surface area contributed by atoms with E-state index < -0.39 is 15.7 Å². The standard InChI is InChI=1S/C19H9I2O6S.Hg.Na.H2O/c20-12-5-10-16(7-14(12)22)26-17-8-15(23)13(21)6-11(17)19(10)9-3-1-2-4-18(9)28(24,25)27-19;;;/h1-7,22-23H;;;1H2. The molecule has 12 heteroatoms. The molecule has 1 atom stereocenters. The van der Waals surface area contributed by atoms with E-state index in [1.165, 1.54) is 12.1 Å². The number of halogens is 2. The van der Waals surface area contributed by atoms with Gasteiger partial charge in [-0.3, -0.25) is 0 Å². The van der Waals surface area contributed by atoms with Gasteiger partial charge in [0.15, 0.2) is 0 Å². The van der Waals surface area contributed by atoms with Crippen LogP contribution in [0.4, 0.5) is 0 Å². The summed E-state index contributed by atoms with van der Waals surface area (Å²) in [7, 11) is -4.03. The molecule has 1 unspecified atom stereocenters. The summed E-state index contributed by atoms with van der Waals surface area (Å²) < 4.78 is 39.7. The van der Waals surface area contributed by atoms with Gasteiger partial charge in [0.25, 0.3) is 0 Å². The average Bonchev–Trinajstić information content (AvgIpc) is 2.92.